The number of benzene rings is 1. The summed E-state index contributed by atoms with van der Waals surface area (Å²) in [4.78, 5) is 25.5. The lowest BCUT2D eigenvalue weighted by Gasteiger charge is -2.34. The van der Waals surface area contributed by atoms with Crippen molar-refractivity contribution in [2.75, 3.05) is 7.11 Å². The predicted octanol–water partition coefficient (Wildman–Crippen LogP) is 1.14. The Morgan fingerprint density at radius 2 is 1.91 bits per heavy atom. The highest BCUT2D eigenvalue weighted by molar-refractivity contribution is 5.95. The van der Waals surface area contributed by atoms with Crippen LogP contribution < -0.4 is 4.74 Å². The lowest BCUT2D eigenvalue weighted by molar-refractivity contribution is -0.142. The van der Waals surface area contributed by atoms with Gasteiger partial charge in [-0.05, 0) is 17.2 Å². The van der Waals surface area contributed by atoms with Crippen LogP contribution in [0.25, 0.3) is 0 Å². The molecule has 1 aliphatic heterocycles. The summed E-state index contributed by atoms with van der Waals surface area (Å²) in [5.41, 5.74) is 1.99. The molecule has 1 aliphatic rings. The summed E-state index contributed by atoms with van der Waals surface area (Å²) in [6.45, 7) is 0.236. The van der Waals surface area contributed by atoms with Crippen molar-refractivity contribution < 1.29 is 19.4 Å². The Labute approximate surface area is 132 Å². The Hall–Kier alpha value is -2.96. The molecule has 0 saturated carbocycles. The van der Waals surface area contributed by atoms with Crippen LogP contribution in [0.5, 0.6) is 5.88 Å². The molecule has 2 aromatic rings. The van der Waals surface area contributed by atoms with Gasteiger partial charge in [0, 0.05) is 19.0 Å². The number of hydrogen-bond donors (Lipinski definition) is 1. The molecule has 3 rings (SSSR count). The summed E-state index contributed by atoms with van der Waals surface area (Å²) in [5.74, 6) is -1.20. The van der Waals surface area contributed by atoms with Crippen molar-refractivity contribution in [3.8, 4) is 5.88 Å². The summed E-state index contributed by atoms with van der Waals surface area (Å²) in [7, 11) is 1.45. The predicted molar refractivity (Wildman–Crippen MR) is 80.0 cm³/mol. The van der Waals surface area contributed by atoms with Gasteiger partial charge < -0.3 is 14.7 Å². The van der Waals surface area contributed by atoms with E-state index >= 15 is 0 Å². The topological polar surface area (TPSA) is 92.6 Å². The molecule has 0 bridgehead atoms. The molecule has 2 heterocycles. The minimum absolute atomic E-state index is 0.0939. The van der Waals surface area contributed by atoms with Crippen molar-refractivity contribution in [1.29, 1.82) is 0 Å². The van der Waals surface area contributed by atoms with Gasteiger partial charge in [0.25, 0.3) is 5.91 Å². The third-order valence-corrected chi connectivity index (χ3v) is 3.86. The van der Waals surface area contributed by atoms with Crippen molar-refractivity contribution >= 4 is 11.9 Å². The summed E-state index contributed by atoms with van der Waals surface area (Å²) < 4.78 is 4.91. The van der Waals surface area contributed by atoms with Crippen LogP contribution in [0.4, 0.5) is 0 Å². The molecule has 1 amide bonds. The van der Waals surface area contributed by atoms with Crippen LogP contribution in [-0.2, 0) is 17.8 Å². The van der Waals surface area contributed by atoms with Gasteiger partial charge in [-0.25, -0.2) is 4.79 Å². The highest BCUT2D eigenvalue weighted by Gasteiger charge is 2.35. The third kappa shape index (κ3) is 2.85. The van der Waals surface area contributed by atoms with E-state index in [4.69, 9.17) is 4.74 Å². The molecular formula is C16H15N3O4. The molecule has 0 radical (unpaired) electrons. The number of ether oxygens (including phenoxy) is 1. The fraction of sp³-hybridized carbons (Fsp3) is 0.250. The van der Waals surface area contributed by atoms with Crippen LogP contribution in [0.3, 0.4) is 0 Å². The second-order valence-corrected chi connectivity index (χ2v) is 5.22. The second kappa shape index (κ2) is 6.04. The lowest BCUT2D eigenvalue weighted by Crippen LogP contribution is -2.48. The van der Waals surface area contributed by atoms with Crippen molar-refractivity contribution in [2.45, 2.75) is 19.0 Å². The monoisotopic (exact) mass is 313 g/mol. The number of aromatic nitrogens is 2. The Balaban J connectivity index is 1.92. The molecule has 118 valence electrons. The molecular weight excluding hydrogens is 298 g/mol. The normalized spacial score (nSPS) is 16.6. The van der Waals surface area contributed by atoms with Gasteiger partial charge in [-0.15, -0.1) is 10.2 Å². The van der Waals surface area contributed by atoms with Gasteiger partial charge in [-0.2, -0.15) is 0 Å². The molecule has 1 aromatic carbocycles. The quantitative estimate of drug-likeness (QED) is 0.913. The van der Waals surface area contributed by atoms with Crippen molar-refractivity contribution in [3.05, 3.63) is 53.2 Å². The van der Waals surface area contributed by atoms with E-state index in [-0.39, 0.29) is 18.7 Å². The van der Waals surface area contributed by atoms with Crippen LogP contribution >= 0.6 is 0 Å². The molecule has 1 atom stereocenters. The number of fused-ring (bicyclic) bond motifs is 1. The molecule has 1 aromatic heterocycles. The van der Waals surface area contributed by atoms with Gasteiger partial charge in [0.05, 0.1) is 7.11 Å². The average molecular weight is 313 g/mol. The van der Waals surface area contributed by atoms with E-state index in [1.807, 2.05) is 24.3 Å². The number of methoxy groups -OCH3 is 1. The summed E-state index contributed by atoms with van der Waals surface area (Å²) >= 11 is 0. The molecule has 0 saturated heterocycles. The van der Waals surface area contributed by atoms with Gasteiger partial charge in [-0.3, -0.25) is 4.79 Å². The van der Waals surface area contributed by atoms with Crippen molar-refractivity contribution in [1.82, 2.24) is 15.1 Å². The van der Waals surface area contributed by atoms with Gasteiger partial charge in [0.2, 0.25) is 5.88 Å². The van der Waals surface area contributed by atoms with E-state index < -0.39 is 17.9 Å². The fourth-order valence-electron chi connectivity index (χ4n) is 2.65. The molecule has 7 heteroatoms. The molecule has 7 nitrogen and oxygen atoms in total. The van der Waals surface area contributed by atoms with E-state index in [0.717, 1.165) is 11.1 Å². The van der Waals surface area contributed by atoms with Gasteiger partial charge in [0.15, 0.2) is 5.69 Å². The zero-order valence-corrected chi connectivity index (χ0v) is 12.5. The van der Waals surface area contributed by atoms with E-state index in [1.165, 1.54) is 24.1 Å². The Kier molecular flexibility index (Phi) is 3.92. The summed E-state index contributed by atoms with van der Waals surface area (Å²) in [5, 5.41) is 17.0. The second-order valence-electron chi connectivity index (χ2n) is 5.22. The van der Waals surface area contributed by atoms with Gasteiger partial charge in [-0.1, -0.05) is 24.3 Å². The number of rotatable bonds is 3. The molecule has 0 aliphatic carbocycles. The van der Waals surface area contributed by atoms with Gasteiger partial charge >= 0.3 is 5.97 Å². The number of carbonyl (C=O) groups is 2. The van der Waals surface area contributed by atoms with E-state index in [0.29, 0.717) is 5.88 Å². The third-order valence-electron chi connectivity index (χ3n) is 3.86. The highest BCUT2D eigenvalue weighted by Crippen LogP contribution is 2.25. The summed E-state index contributed by atoms with van der Waals surface area (Å²) in [6.07, 6.45) is 0.279. The Bertz CT molecular complexity index is 745. The van der Waals surface area contributed by atoms with Crippen LogP contribution in [0.1, 0.15) is 21.6 Å². The van der Waals surface area contributed by atoms with Crippen LogP contribution in [0.15, 0.2) is 36.4 Å². The van der Waals surface area contributed by atoms with Crippen molar-refractivity contribution in [3.63, 3.8) is 0 Å². The number of amides is 1. The molecule has 0 fully saturated rings. The zero-order chi connectivity index (χ0) is 16.4. The largest absolute Gasteiger partial charge is 0.480 e. The number of aliphatic carboxylic acids is 1. The van der Waals surface area contributed by atoms with E-state index in [2.05, 4.69) is 10.2 Å². The first-order valence-corrected chi connectivity index (χ1v) is 7.08. The standard InChI is InChI=1S/C16H15N3O4/c1-23-14-7-6-12(17-18-14)15(20)19-9-11-5-3-2-4-10(11)8-13(19)16(21)22/h2-7,13H,8-9H2,1H3,(H,21,22)/t13-/m0/s1. The minimum atomic E-state index is -1.03. The zero-order valence-electron chi connectivity index (χ0n) is 12.5. The fourth-order valence-corrected chi connectivity index (χ4v) is 2.65. The SMILES string of the molecule is COc1ccc(C(=O)N2Cc3ccccc3C[C@H]2C(=O)O)nn1. The number of nitrogens with zero attached hydrogens (tertiary/aromatic N) is 3. The number of carbonyl (C=O) groups excluding carboxylic acids is 1. The smallest absolute Gasteiger partial charge is 0.326 e. The van der Waals surface area contributed by atoms with Crippen LogP contribution in [0, 0.1) is 0 Å². The molecule has 1 N–H and O–H groups in total. The van der Waals surface area contributed by atoms with E-state index in [1.54, 1.807) is 0 Å². The maximum Gasteiger partial charge on any atom is 0.326 e. The molecule has 23 heavy (non-hydrogen) atoms. The number of carboxylic acids is 1. The molecule has 0 unspecified atom stereocenters. The minimum Gasteiger partial charge on any atom is -0.480 e. The first-order chi connectivity index (χ1) is 11.1. The van der Waals surface area contributed by atoms with Crippen LogP contribution in [0.2, 0.25) is 0 Å². The van der Waals surface area contributed by atoms with E-state index in [9.17, 15) is 14.7 Å². The van der Waals surface area contributed by atoms with Gasteiger partial charge in [0.1, 0.15) is 6.04 Å². The number of hydrogen-bond acceptors (Lipinski definition) is 5. The Morgan fingerprint density at radius 1 is 1.17 bits per heavy atom. The average Bonchev–Trinajstić information content (AvgIpc) is 2.60. The summed E-state index contributed by atoms with van der Waals surface area (Å²) in [6, 6.07) is 9.61. The first-order valence-electron chi connectivity index (χ1n) is 7.08. The highest BCUT2D eigenvalue weighted by atomic mass is 16.5. The first kappa shape index (κ1) is 15.0. The lowest BCUT2D eigenvalue weighted by atomic mass is 9.93. The van der Waals surface area contributed by atoms with Crippen LogP contribution in [-0.4, -0.2) is 45.2 Å². The molecule has 0 spiro atoms. The number of carboxylic acid groups (broad SMARTS) is 1. The maximum absolute atomic E-state index is 12.6. The Morgan fingerprint density at radius 3 is 2.52 bits per heavy atom. The van der Waals surface area contributed by atoms with Crippen molar-refractivity contribution in [2.24, 2.45) is 0 Å². The maximum atomic E-state index is 12.6.